The molecule has 1 aliphatic carbocycles. The maximum absolute atomic E-state index is 12.8. The van der Waals surface area contributed by atoms with Gasteiger partial charge in [-0.15, -0.1) is 11.3 Å². The Labute approximate surface area is 145 Å². The molecule has 3 fully saturated rings. The van der Waals surface area contributed by atoms with Crippen LogP contribution in [-0.2, 0) is 19.4 Å². The van der Waals surface area contributed by atoms with Gasteiger partial charge in [0.15, 0.2) is 5.82 Å². The number of piperazine rings is 3. The molecule has 0 radical (unpaired) electrons. The van der Waals surface area contributed by atoms with E-state index in [1.807, 2.05) is 0 Å². The minimum atomic E-state index is 0.0934. The minimum absolute atomic E-state index is 0.0934. The van der Waals surface area contributed by atoms with E-state index in [1.54, 1.807) is 11.3 Å². The number of aromatic amines is 1. The molecule has 1 atom stereocenters. The van der Waals surface area contributed by atoms with Crippen molar-refractivity contribution in [2.45, 2.75) is 32.7 Å². The van der Waals surface area contributed by atoms with Crippen molar-refractivity contribution >= 4 is 21.6 Å². The van der Waals surface area contributed by atoms with E-state index in [1.165, 1.54) is 56.1 Å². The SMILES string of the molecule is C[C@@H]1CCc2c(sc3nc(C[N+]45CCN(CC4)CC5)[nH]c(=O)c23)C1. The number of aromatic nitrogens is 2. The fraction of sp³-hybridized carbons (Fsp3) is 0.667. The highest BCUT2D eigenvalue weighted by molar-refractivity contribution is 7.18. The quantitative estimate of drug-likeness (QED) is 0.844. The van der Waals surface area contributed by atoms with Crippen molar-refractivity contribution in [2.24, 2.45) is 5.92 Å². The molecule has 0 aromatic carbocycles. The molecule has 2 aromatic rings. The molecule has 3 aliphatic heterocycles. The highest BCUT2D eigenvalue weighted by Crippen LogP contribution is 2.35. The number of fused-ring (bicyclic) bond motifs is 6. The molecule has 4 aliphatic rings. The number of rotatable bonds is 2. The molecule has 5 nitrogen and oxygen atoms in total. The van der Waals surface area contributed by atoms with Crippen molar-refractivity contribution in [3.05, 3.63) is 26.6 Å². The summed E-state index contributed by atoms with van der Waals surface area (Å²) in [5, 5.41) is 0.883. The second kappa shape index (κ2) is 5.38. The van der Waals surface area contributed by atoms with Gasteiger partial charge in [-0.25, -0.2) is 4.98 Å². The molecule has 128 valence electrons. The van der Waals surface area contributed by atoms with Crippen LogP contribution in [0.15, 0.2) is 4.79 Å². The average Bonchev–Trinajstić information content (AvgIpc) is 2.93. The zero-order valence-corrected chi connectivity index (χ0v) is 15.1. The number of H-pyrrole nitrogens is 1. The van der Waals surface area contributed by atoms with Crippen LogP contribution in [0.2, 0.25) is 0 Å². The van der Waals surface area contributed by atoms with E-state index in [-0.39, 0.29) is 5.56 Å². The van der Waals surface area contributed by atoms with Crippen LogP contribution in [-0.4, -0.2) is 58.6 Å². The highest BCUT2D eigenvalue weighted by atomic mass is 32.1. The van der Waals surface area contributed by atoms with E-state index in [0.29, 0.717) is 0 Å². The number of aryl methyl sites for hydroxylation is 1. The maximum atomic E-state index is 12.8. The van der Waals surface area contributed by atoms with E-state index in [2.05, 4.69) is 16.8 Å². The number of hydrogen-bond acceptors (Lipinski definition) is 4. The fourth-order valence-electron chi connectivity index (χ4n) is 4.75. The van der Waals surface area contributed by atoms with Crippen LogP contribution < -0.4 is 5.56 Å². The molecule has 6 rings (SSSR count). The topological polar surface area (TPSA) is 49.0 Å². The smallest absolute Gasteiger partial charge is 0.260 e. The van der Waals surface area contributed by atoms with E-state index in [0.717, 1.165) is 45.8 Å². The molecule has 24 heavy (non-hydrogen) atoms. The predicted octanol–water partition coefficient (Wildman–Crippen LogP) is 1.76. The number of thiophene rings is 1. The van der Waals surface area contributed by atoms with Crippen LogP contribution in [0.25, 0.3) is 10.2 Å². The molecule has 2 aromatic heterocycles. The standard InChI is InChI=1S/C18H24N4OS/c1-12-2-3-13-14(10-12)24-18-16(13)17(23)19-15(20-18)11-22-7-4-21(5-8-22)6-9-22/h12H,2-11H2,1H3/p+1/t12-/m1/s1. The van der Waals surface area contributed by atoms with E-state index < -0.39 is 0 Å². The van der Waals surface area contributed by atoms with Crippen LogP contribution >= 0.6 is 11.3 Å². The Kier molecular flexibility index (Phi) is 3.37. The fourth-order valence-corrected chi connectivity index (χ4v) is 6.16. The summed E-state index contributed by atoms with van der Waals surface area (Å²) in [5.74, 6) is 1.63. The van der Waals surface area contributed by atoms with Gasteiger partial charge in [0, 0.05) is 24.5 Å². The normalized spacial score (nSPS) is 32.2. The number of nitrogens with one attached hydrogen (secondary N) is 1. The van der Waals surface area contributed by atoms with Crippen LogP contribution in [0.1, 0.15) is 29.6 Å². The summed E-state index contributed by atoms with van der Waals surface area (Å²) in [4.78, 5) is 25.7. The number of nitrogens with zero attached hydrogens (tertiary/aromatic N) is 3. The molecule has 0 amide bonds. The van der Waals surface area contributed by atoms with Crippen LogP contribution in [0.4, 0.5) is 0 Å². The van der Waals surface area contributed by atoms with E-state index >= 15 is 0 Å². The van der Waals surface area contributed by atoms with Gasteiger partial charge in [0.05, 0.1) is 25.0 Å². The largest absolute Gasteiger partial charge is 0.314 e. The third-order valence-corrected chi connectivity index (χ3v) is 7.52. The number of hydrogen-bond donors (Lipinski definition) is 1. The molecular weight excluding hydrogens is 320 g/mol. The first-order chi connectivity index (χ1) is 11.6. The zero-order valence-electron chi connectivity index (χ0n) is 14.3. The Morgan fingerprint density at radius 1 is 1.29 bits per heavy atom. The van der Waals surface area contributed by atoms with Crippen LogP contribution in [0.3, 0.4) is 0 Å². The third kappa shape index (κ3) is 2.35. The average molecular weight is 345 g/mol. The lowest BCUT2D eigenvalue weighted by molar-refractivity contribution is -0.953. The first-order valence-electron chi connectivity index (χ1n) is 9.23. The van der Waals surface area contributed by atoms with Crippen molar-refractivity contribution in [3.8, 4) is 0 Å². The zero-order chi connectivity index (χ0) is 16.3. The Bertz CT molecular complexity index is 833. The molecule has 0 spiro atoms. The van der Waals surface area contributed by atoms with E-state index in [4.69, 9.17) is 4.98 Å². The van der Waals surface area contributed by atoms with Gasteiger partial charge in [-0.05, 0) is 30.7 Å². The van der Waals surface area contributed by atoms with Gasteiger partial charge in [0.1, 0.15) is 11.4 Å². The Morgan fingerprint density at radius 3 is 2.79 bits per heavy atom. The first kappa shape index (κ1) is 15.0. The van der Waals surface area contributed by atoms with Crippen molar-refractivity contribution in [1.82, 2.24) is 14.9 Å². The van der Waals surface area contributed by atoms with Gasteiger partial charge in [0.2, 0.25) is 0 Å². The lowest BCUT2D eigenvalue weighted by Crippen LogP contribution is -2.66. The molecule has 5 heterocycles. The summed E-state index contributed by atoms with van der Waals surface area (Å²) in [5.41, 5.74) is 1.38. The minimum Gasteiger partial charge on any atom is -0.314 e. The summed E-state index contributed by atoms with van der Waals surface area (Å²) in [6.45, 7) is 10.4. The highest BCUT2D eigenvalue weighted by Gasteiger charge is 2.39. The lowest BCUT2D eigenvalue weighted by Gasteiger charge is -2.50. The van der Waals surface area contributed by atoms with Gasteiger partial charge in [-0.2, -0.15) is 0 Å². The van der Waals surface area contributed by atoms with Gasteiger partial charge in [-0.3, -0.25) is 9.69 Å². The lowest BCUT2D eigenvalue weighted by atomic mass is 9.89. The second-order valence-corrected chi connectivity index (χ2v) is 9.14. The van der Waals surface area contributed by atoms with Crippen molar-refractivity contribution < 1.29 is 4.48 Å². The van der Waals surface area contributed by atoms with Crippen LogP contribution in [0, 0.1) is 5.92 Å². The molecular formula is C18H25N4OS+. The predicted molar refractivity (Wildman–Crippen MR) is 96.4 cm³/mol. The summed E-state index contributed by atoms with van der Waals surface area (Å²) in [6, 6.07) is 0. The monoisotopic (exact) mass is 345 g/mol. The molecule has 6 heteroatoms. The van der Waals surface area contributed by atoms with Crippen molar-refractivity contribution in [3.63, 3.8) is 0 Å². The van der Waals surface area contributed by atoms with Gasteiger partial charge in [-0.1, -0.05) is 6.92 Å². The molecule has 2 bridgehead atoms. The Hall–Kier alpha value is -1.24. The molecule has 0 saturated carbocycles. The number of quaternary nitrogens is 1. The van der Waals surface area contributed by atoms with Gasteiger partial charge < -0.3 is 9.47 Å². The Morgan fingerprint density at radius 2 is 2.04 bits per heavy atom. The maximum Gasteiger partial charge on any atom is 0.260 e. The molecule has 3 saturated heterocycles. The second-order valence-electron chi connectivity index (χ2n) is 8.06. The van der Waals surface area contributed by atoms with E-state index in [9.17, 15) is 4.79 Å². The molecule has 1 N–H and O–H groups in total. The first-order valence-corrected chi connectivity index (χ1v) is 10.0. The Balaban J connectivity index is 1.53. The van der Waals surface area contributed by atoms with Gasteiger partial charge in [0.25, 0.3) is 5.56 Å². The summed E-state index contributed by atoms with van der Waals surface area (Å²) in [7, 11) is 0. The molecule has 0 unspecified atom stereocenters. The third-order valence-electron chi connectivity index (χ3n) is 6.37. The van der Waals surface area contributed by atoms with Crippen molar-refractivity contribution in [2.75, 3.05) is 39.3 Å². The summed E-state index contributed by atoms with van der Waals surface area (Å²) in [6.07, 6.45) is 3.34. The summed E-state index contributed by atoms with van der Waals surface area (Å²) < 4.78 is 1.10. The summed E-state index contributed by atoms with van der Waals surface area (Å²) >= 11 is 1.76. The van der Waals surface area contributed by atoms with Crippen LogP contribution in [0.5, 0.6) is 0 Å². The van der Waals surface area contributed by atoms with Gasteiger partial charge >= 0.3 is 0 Å². The van der Waals surface area contributed by atoms with Crippen molar-refractivity contribution in [1.29, 1.82) is 0 Å².